The molecule has 3 nitrogen and oxygen atoms in total. The molecule has 0 amide bonds. The van der Waals surface area contributed by atoms with Crippen LogP contribution in [0.4, 0.5) is 12.9 Å². The van der Waals surface area contributed by atoms with Crippen molar-refractivity contribution in [3.8, 4) is 0 Å². The standard InChI is InChI=1S/C6H12BF3NO2S/c8-7(9,10)6-11-2-1-4-14(12,13)5-3-11/h1-6H2/q-1. The van der Waals surface area contributed by atoms with Gasteiger partial charge in [0.25, 0.3) is 0 Å². The molecule has 0 radical (unpaired) electrons. The molecule has 14 heavy (non-hydrogen) atoms. The zero-order valence-corrected chi connectivity index (χ0v) is 8.44. The van der Waals surface area contributed by atoms with Crippen LogP contribution in [0, 0.1) is 0 Å². The molecule has 1 rings (SSSR count). The summed E-state index contributed by atoms with van der Waals surface area (Å²) < 4.78 is 58.3. The molecule has 0 aliphatic carbocycles. The van der Waals surface area contributed by atoms with Crippen LogP contribution in [0.5, 0.6) is 0 Å². The van der Waals surface area contributed by atoms with E-state index in [1.165, 1.54) is 4.90 Å². The molecule has 0 unspecified atom stereocenters. The van der Waals surface area contributed by atoms with E-state index >= 15 is 0 Å². The molecule has 0 N–H and O–H groups in total. The normalized spacial score (nSPS) is 24.5. The predicted octanol–water partition coefficient (Wildman–Crippen LogP) is 0.494. The Kier molecular flexibility index (Phi) is 3.46. The third-order valence-corrected chi connectivity index (χ3v) is 3.83. The van der Waals surface area contributed by atoms with E-state index in [9.17, 15) is 21.4 Å². The van der Waals surface area contributed by atoms with Gasteiger partial charge in [-0.1, -0.05) is 0 Å². The van der Waals surface area contributed by atoms with E-state index < -0.39 is 23.3 Å². The molecule has 1 aliphatic rings. The quantitative estimate of drug-likeness (QED) is 0.648. The first-order valence-electron chi connectivity index (χ1n) is 4.42. The van der Waals surface area contributed by atoms with Crippen molar-refractivity contribution < 1.29 is 21.4 Å². The van der Waals surface area contributed by atoms with Crippen molar-refractivity contribution in [2.75, 3.05) is 31.0 Å². The smallest absolute Gasteiger partial charge is 0.448 e. The van der Waals surface area contributed by atoms with Crippen LogP contribution in [0.15, 0.2) is 0 Å². The first-order chi connectivity index (χ1) is 6.29. The summed E-state index contributed by atoms with van der Waals surface area (Å²) in [5.74, 6) is -0.145. The van der Waals surface area contributed by atoms with Crippen molar-refractivity contribution in [1.82, 2.24) is 4.90 Å². The summed E-state index contributed by atoms with van der Waals surface area (Å²) in [5, 5.41) is 0. The highest BCUT2D eigenvalue weighted by Gasteiger charge is 2.28. The topological polar surface area (TPSA) is 37.4 Å². The van der Waals surface area contributed by atoms with Crippen LogP contribution < -0.4 is 0 Å². The van der Waals surface area contributed by atoms with Gasteiger partial charge in [-0.2, -0.15) is 0 Å². The SMILES string of the molecule is O=S1(=O)CCCN(C[B-](F)(F)F)CC1. The number of rotatable bonds is 2. The molecule has 0 aromatic heterocycles. The van der Waals surface area contributed by atoms with E-state index in [4.69, 9.17) is 0 Å². The lowest BCUT2D eigenvalue weighted by molar-refractivity contribution is 0.297. The van der Waals surface area contributed by atoms with E-state index in [-0.39, 0.29) is 24.6 Å². The van der Waals surface area contributed by atoms with Crippen molar-refractivity contribution in [2.24, 2.45) is 0 Å². The summed E-state index contributed by atoms with van der Waals surface area (Å²) in [4.78, 5) is 1.17. The Labute approximate surface area is 81.2 Å². The van der Waals surface area contributed by atoms with Gasteiger partial charge in [-0.05, 0) is 19.4 Å². The van der Waals surface area contributed by atoms with Crippen LogP contribution in [0.3, 0.4) is 0 Å². The van der Waals surface area contributed by atoms with Gasteiger partial charge in [0.2, 0.25) is 0 Å². The number of hydrogen-bond donors (Lipinski definition) is 0. The second-order valence-corrected chi connectivity index (χ2v) is 5.82. The van der Waals surface area contributed by atoms with Crippen molar-refractivity contribution >= 4 is 16.8 Å². The van der Waals surface area contributed by atoms with Gasteiger partial charge in [0.05, 0.1) is 11.5 Å². The predicted molar refractivity (Wildman–Crippen MR) is 48.8 cm³/mol. The van der Waals surface area contributed by atoms with E-state index in [2.05, 4.69) is 0 Å². The Balaban J connectivity index is 2.51. The maximum absolute atomic E-state index is 12.0. The summed E-state index contributed by atoms with van der Waals surface area (Å²) in [5.41, 5.74) is 0. The van der Waals surface area contributed by atoms with E-state index in [0.717, 1.165) is 0 Å². The lowest BCUT2D eigenvalue weighted by Gasteiger charge is -2.25. The van der Waals surface area contributed by atoms with Gasteiger partial charge in [0, 0.05) is 6.54 Å². The minimum Gasteiger partial charge on any atom is -0.448 e. The van der Waals surface area contributed by atoms with Crippen molar-refractivity contribution in [1.29, 1.82) is 0 Å². The fourth-order valence-electron chi connectivity index (χ4n) is 1.47. The zero-order chi connectivity index (χ0) is 10.8. The molecule has 8 heteroatoms. The largest absolute Gasteiger partial charge is 0.492 e. The van der Waals surface area contributed by atoms with Gasteiger partial charge >= 0.3 is 6.98 Å². The van der Waals surface area contributed by atoms with Gasteiger partial charge in [-0.15, -0.1) is 0 Å². The van der Waals surface area contributed by atoms with Gasteiger partial charge in [-0.25, -0.2) is 8.42 Å². The van der Waals surface area contributed by atoms with Crippen LogP contribution in [0.1, 0.15) is 6.42 Å². The van der Waals surface area contributed by atoms with Gasteiger partial charge in [0.1, 0.15) is 0 Å². The lowest BCUT2D eigenvalue weighted by atomic mass is 9.91. The Morgan fingerprint density at radius 2 is 1.79 bits per heavy atom. The Hall–Kier alpha value is -0.235. The van der Waals surface area contributed by atoms with Gasteiger partial charge in [-0.3, -0.25) is 0 Å². The van der Waals surface area contributed by atoms with Crippen LogP contribution in [0.2, 0.25) is 0 Å². The first-order valence-corrected chi connectivity index (χ1v) is 6.24. The van der Waals surface area contributed by atoms with E-state index in [0.29, 0.717) is 6.42 Å². The van der Waals surface area contributed by atoms with E-state index in [1.807, 2.05) is 0 Å². The fraction of sp³-hybridized carbons (Fsp3) is 1.00. The third kappa shape index (κ3) is 4.32. The number of halogens is 3. The molecule has 0 atom stereocenters. The van der Waals surface area contributed by atoms with Gasteiger partial charge in [0.15, 0.2) is 9.84 Å². The monoisotopic (exact) mass is 230 g/mol. The van der Waals surface area contributed by atoms with Crippen molar-refractivity contribution in [2.45, 2.75) is 6.42 Å². The summed E-state index contributed by atoms with van der Waals surface area (Å²) in [6.07, 6.45) is -0.649. The molecule has 1 saturated heterocycles. The molecule has 0 spiro atoms. The maximum Gasteiger partial charge on any atom is 0.492 e. The van der Waals surface area contributed by atoms with Gasteiger partial charge < -0.3 is 17.8 Å². The molecule has 0 bridgehead atoms. The molecule has 1 fully saturated rings. The maximum atomic E-state index is 12.0. The lowest BCUT2D eigenvalue weighted by Crippen LogP contribution is -2.39. The molecular weight excluding hydrogens is 218 g/mol. The average molecular weight is 230 g/mol. The molecular formula is C6H12BF3NO2S-. The molecule has 84 valence electrons. The number of sulfone groups is 1. The highest BCUT2D eigenvalue weighted by atomic mass is 32.2. The summed E-state index contributed by atoms with van der Waals surface area (Å²) in [6.45, 7) is -4.62. The summed E-state index contributed by atoms with van der Waals surface area (Å²) in [6, 6.07) is 0. The average Bonchev–Trinajstić information content (AvgIpc) is 2.10. The second kappa shape index (κ2) is 4.10. The first kappa shape index (κ1) is 11.8. The van der Waals surface area contributed by atoms with Crippen LogP contribution >= 0.6 is 0 Å². The Morgan fingerprint density at radius 1 is 1.14 bits per heavy atom. The molecule has 1 heterocycles. The van der Waals surface area contributed by atoms with E-state index in [1.54, 1.807) is 0 Å². The molecule has 0 aromatic rings. The Bertz CT molecular complexity index is 290. The fourth-order valence-corrected chi connectivity index (χ4v) is 2.77. The Morgan fingerprint density at radius 3 is 2.36 bits per heavy atom. The van der Waals surface area contributed by atoms with Crippen molar-refractivity contribution in [3.63, 3.8) is 0 Å². The molecule has 0 saturated carbocycles. The highest BCUT2D eigenvalue weighted by Crippen LogP contribution is 2.13. The minimum absolute atomic E-state index is 0.00356. The number of nitrogens with zero attached hydrogens (tertiary/aromatic N) is 1. The van der Waals surface area contributed by atoms with Crippen LogP contribution in [0.25, 0.3) is 0 Å². The molecule has 1 aliphatic heterocycles. The second-order valence-electron chi connectivity index (χ2n) is 3.52. The number of hydrogen-bond acceptors (Lipinski definition) is 3. The summed E-state index contributed by atoms with van der Waals surface area (Å²) >= 11 is 0. The highest BCUT2D eigenvalue weighted by molar-refractivity contribution is 7.91. The van der Waals surface area contributed by atoms with Crippen LogP contribution in [-0.4, -0.2) is 51.3 Å². The van der Waals surface area contributed by atoms with Crippen molar-refractivity contribution in [3.05, 3.63) is 0 Å². The minimum atomic E-state index is -4.85. The van der Waals surface area contributed by atoms with Crippen LogP contribution in [-0.2, 0) is 9.84 Å². The zero-order valence-electron chi connectivity index (χ0n) is 7.63. The third-order valence-electron chi connectivity index (χ3n) is 2.11. The molecule has 0 aromatic carbocycles. The summed E-state index contributed by atoms with van der Waals surface area (Å²) in [7, 11) is -3.11.